The van der Waals surface area contributed by atoms with Gasteiger partial charge in [0.2, 0.25) is 5.91 Å². The predicted octanol–water partition coefficient (Wildman–Crippen LogP) is 1.96. The highest BCUT2D eigenvalue weighted by molar-refractivity contribution is 7.99. The Kier molecular flexibility index (Phi) is 4.80. The summed E-state index contributed by atoms with van der Waals surface area (Å²) in [6.45, 7) is 5.81. The molecule has 0 fully saturated rings. The van der Waals surface area contributed by atoms with Crippen molar-refractivity contribution in [1.82, 2.24) is 15.3 Å². The van der Waals surface area contributed by atoms with Crippen molar-refractivity contribution in [2.24, 2.45) is 5.73 Å². The molecule has 0 spiro atoms. The number of hydrogen-bond acceptors (Lipinski definition) is 5. The van der Waals surface area contributed by atoms with Crippen LogP contribution in [0.15, 0.2) is 35.6 Å². The lowest BCUT2D eigenvalue weighted by molar-refractivity contribution is -0.123. The first-order valence-corrected chi connectivity index (χ1v) is 7.81. The molecule has 2 rings (SSSR count). The molecular weight excluding hydrogens is 284 g/mol. The topological polar surface area (TPSA) is 80.9 Å². The van der Waals surface area contributed by atoms with E-state index in [2.05, 4.69) is 15.3 Å². The SMILES string of the molecule is CC(C)NC(C)(CSc1ncnc2ccccc12)C(N)=O. The second-order valence-electron chi connectivity index (χ2n) is 5.48. The molecule has 1 amide bonds. The Morgan fingerprint density at radius 3 is 2.76 bits per heavy atom. The van der Waals surface area contributed by atoms with Crippen LogP contribution in [-0.4, -0.2) is 33.2 Å². The van der Waals surface area contributed by atoms with Gasteiger partial charge >= 0.3 is 0 Å². The van der Waals surface area contributed by atoms with E-state index in [1.54, 1.807) is 6.33 Å². The van der Waals surface area contributed by atoms with Gasteiger partial charge in [-0.15, -0.1) is 11.8 Å². The van der Waals surface area contributed by atoms with Gasteiger partial charge in [0.25, 0.3) is 0 Å². The van der Waals surface area contributed by atoms with Crippen LogP contribution >= 0.6 is 11.8 Å². The summed E-state index contributed by atoms with van der Waals surface area (Å²) in [6, 6.07) is 7.99. The Balaban J connectivity index is 2.22. The fourth-order valence-corrected chi connectivity index (χ4v) is 3.23. The number of benzene rings is 1. The van der Waals surface area contributed by atoms with Crippen molar-refractivity contribution in [3.8, 4) is 0 Å². The Hall–Kier alpha value is -1.66. The molecule has 6 heteroatoms. The van der Waals surface area contributed by atoms with E-state index in [0.29, 0.717) is 5.75 Å². The number of thioether (sulfide) groups is 1. The molecule has 0 aliphatic heterocycles. The summed E-state index contributed by atoms with van der Waals surface area (Å²) in [5.74, 6) is 0.156. The summed E-state index contributed by atoms with van der Waals surface area (Å²) in [5, 5.41) is 5.08. The van der Waals surface area contributed by atoms with Crippen LogP contribution in [0.25, 0.3) is 10.9 Å². The largest absolute Gasteiger partial charge is 0.368 e. The van der Waals surface area contributed by atoms with Gasteiger partial charge in [-0.1, -0.05) is 18.2 Å². The maximum absolute atomic E-state index is 11.8. The molecule has 0 radical (unpaired) electrons. The summed E-state index contributed by atoms with van der Waals surface area (Å²) in [5.41, 5.74) is 5.67. The Bertz CT molecular complexity index is 641. The number of primary amides is 1. The molecule has 1 heterocycles. The van der Waals surface area contributed by atoms with Gasteiger partial charge in [0.05, 0.1) is 5.52 Å². The molecule has 1 aromatic heterocycles. The number of carbonyl (C=O) groups is 1. The van der Waals surface area contributed by atoms with Crippen LogP contribution in [0.1, 0.15) is 20.8 Å². The van der Waals surface area contributed by atoms with E-state index in [1.165, 1.54) is 11.8 Å². The van der Waals surface area contributed by atoms with E-state index in [4.69, 9.17) is 5.73 Å². The van der Waals surface area contributed by atoms with E-state index in [1.807, 2.05) is 45.0 Å². The fourth-order valence-electron chi connectivity index (χ4n) is 2.13. The number of hydrogen-bond donors (Lipinski definition) is 2. The maximum Gasteiger partial charge on any atom is 0.238 e. The first-order chi connectivity index (χ1) is 9.92. The van der Waals surface area contributed by atoms with E-state index in [0.717, 1.165) is 15.9 Å². The van der Waals surface area contributed by atoms with E-state index in [-0.39, 0.29) is 11.9 Å². The quantitative estimate of drug-likeness (QED) is 0.630. The van der Waals surface area contributed by atoms with Crippen molar-refractivity contribution < 1.29 is 4.79 Å². The summed E-state index contributed by atoms with van der Waals surface area (Å²) >= 11 is 1.51. The van der Waals surface area contributed by atoms with Gasteiger partial charge in [-0.3, -0.25) is 4.79 Å². The highest BCUT2D eigenvalue weighted by atomic mass is 32.2. The van der Waals surface area contributed by atoms with Crippen LogP contribution in [0.5, 0.6) is 0 Å². The molecule has 2 aromatic rings. The molecule has 1 aromatic carbocycles. The monoisotopic (exact) mass is 304 g/mol. The maximum atomic E-state index is 11.8. The minimum atomic E-state index is -0.773. The van der Waals surface area contributed by atoms with Crippen LogP contribution in [0.3, 0.4) is 0 Å². The van der Waals surface area contributed by atoms with E-state index < -0.39 is 5.54 Å². The second-order valence-corrected chi connectivity index (χ2v) is 6.44. The Morgan fingerprint density at radius 2 is 2.10 bits per heavy atom. The number of rotatable bonds is 6. The molecule has 21 heavy (non-hydrogen) atoms. The number of nitrogens with zero attached hydrogens (tertiary/aromatic N) is 2. The van der Waals surface area contributed by atoms with Gasteiger partial charge in [-0.2, -0.15) is 0 Å². The lowest BCUT2D eigenvalue weighted by Crippen LogP contribution is -2.57. The molecule has 0 saturated carbocycles. The summed E-state index contributed by atoms with van der Waals surface area (Å²) in [4.78, 5) is 20.3. The van der Waals surface area contributed by atoms with Crippen molar-refractivity contribution in [3.63, 3.8) is 0 Å². The van der Waals surface area contributed by atoms with Gasteiger partial charge in [0.15, 0.2) is 0 Å². The first-order valence-electron chi connectivity index (χ1n) is 6.82. The third kappa shape index (κ3) is 3.71. The van der Waals surface area contributed by atoms with Crippen LogP contribution in [-0.2, 0) is 4.79 Å². The van der Waals surface area contributed by atoms with Gasteiger partial charge < -0.3 is 11.1 Å². The fraction of sp³-hybridized carbons (Fsp3) is 0.400. The molecule has 0 aliphatic carbocycles. The number of aromatic nitrogens is 2. The van der Waals surface area contributed by atoms with Crippen LogP contribution in [0.4, 0.5) is 0 Å². The number of nitrogens with two attached hydrogens (primary N) is 1. The summed E-state index contributed by atoms with van der Waals surface area (Å²) < 4.78 is 0. The zero-order valence-electron chi connectivity index (χ0n) is 12.5. The standard InChI is InChI=1S/C15H20N4OS/c1-10(2)19-15(3,14(16)20)8-21-13-11-6-4-5-7-12(11)17-9-18-13/h4-7,9-10,19H,8H2,1-3H3,(H2,16,20). The van der Waals surface area contributed by atoms with Crippen LogP contribution in [0, 0.1) is 0 Å². The minimum Gasteiger partial charge on any atom is -0.368 e. The zero-order valence-corrected chi connectivity index (χ0v) is 13.3. The molecule has 0 aliphatic rings. The van der Waals surface area contributed by atoms with Gasteiger partial charge in [-0.05, 0) is 26.8 Å². The van der Waals surface area contributed by atoms with Crippen molar-refractivity contribution in [2.45, 2.75) is 37.4 Å². The second kappa shape index (κ2) is 6.41. The Labute approximate surface area is 128 Å². The van der Waals surface area contributed by atoms with Gasteiger partial charge in [0, 0.05) is 17.2 Å². The van der Waals surface area contributed by atoms with Crippen molar-refractivity contribution in [2.75, 3.05) is 5.75 Å². The molecular formula is C15H20N4OS. The number of nitrogens with one attached hydrogen (secondary N) is 1. The third-order valence-corrected chi connectivity index (χ3v) is 4.48. The van der Waals surface area contributed by atoms with E-state index in [9.17, 15) is 4.79 Å². The van der Waals surface area contributed by atoms with E-state index >= 15 is 0 Å². The molecule has 1 unspecified atom stereocenters. The lowest BCUT2D eigenvalue weighted by atomic mass is 10.0. The highest BCUT2D eigenvalue weighted by Gasteiger charge is 2.31. The third-order valence-electron chi connectivity index (χ3n) is 3.15. The average molecular weight is 304 g/mol. The molecule has 0 saturated heterocycles. The Morgan fingerprint density at radius 1 is 1.38 bits per heavy atom. The van der Waals surface area contributed by atoms with Crippen LogP contribution in [0.2, 0.25) is 0 Å². The molecule has 112 valence electrons. The van der Waals surface area contributed by atoms with Gasteiger partial charge in [0.1, 0.15) is 16.9 Å². The molecule has 5 nitrogen and oxygen atoms in total. The summed E-state index contributed by atoms with van der Waals surface area (Å²) in [7, 11) is 0. The first kappa shape index (κ1) is 15.7. The van der Waals surface area contributed by atoms with Crippen molar-refractivity contribution in [3.05, 3.63) is 30.6 Å². The van der Waals surface area contributed by atoms with Crippen molar-refractivity contribution >= 4 is 28.6 Å². The number of carbonyl (C=O) groups excluding carboxylic acids is 1. The smallest absolute Gasteiger partial charge is 0.238 e. The minimum absolute atomic E-state index is 0.172. The molecule has 1 atom stereocenters. The predicted molar refractivity (Wildman–Crippen MR) is 86.1 cm³/mol. The normalized spacial score (nSPS) is 14.3. The summed E-state index contributed by atoms with van der Waals surface area (Å²) in [6.07, 6.45) is 1.54. The number of fused-ring (bicyclic) bond motifs is 1. The highest BCUT2D eigenvalue weighted by Crippen LogP contribution is 2.27. The van der Waals surface area contributed by atoms with Crippen LogP contribution < -0.4 is 11.1 Å². The number of amides is 1. The van der Waals surface area contributed by atoms with Crippen molar-refractivity contribution in [1.29, 1.82) is 0 Å². The van der Waals surface area contributed by atoms with Gasteiger partial charge in [-0.25, -0.2) is 9.97 Å². The number of para-hydroxylation sites is 1. The molecule has 3 N–H and O–H groups in total. The lowest BCUT2D eigenvalue weighted by Gasteiger charge is -2.29. The zero-order chi connectivity index (χ0) is 15.5. The average Bonchev–Trinajstić information content (AvgIpc) is 2.44. The molecule has 0 bridgehead atoms.